The van der Waals surface area contributed by atoms with Gasteiger partial charge >= 0.3 is 10.1 Å². The quantitative estimate of drug-likeness (QED) is 0.687. The van der Waals surface area contributed by atoms with E-state index in [4.69, 9.17) is 4.18 Å². The van der Waals surface area contributed by atoms with Gasteiger partial charge in [0.05, 0.1) is 5.75 Å². The van der Waals surface area contributed by atoms with Crippen LogP contribution < -0.4 is 4.18 Å². The maximum Gasteiger partial charge on any atom is 0.310 e. The molecule has 0 bridgehead atoms. The highest BCUT2D eigenvalue weighted by Crippen LogP contribution is 2.28. The predicted octanol–water partition coefficient (Wildman–Crippen LogP) is 3.20. The number of para-hydroxylation sites is 1. The first kappa shape index (κ1) is 16.9. The van der Waals surface area contributed by atoms with Gasteiger partial charge < -0.3 is 4.18 Å². The highest BCUT2D eigenvalue weighted by atomic mass is 32.2. The third-order valence-corrected chi connectivity index (χ3v) is 5.12. The Morgan fingerprint density at radius 2 is 1.71 bits per heavy atom. The van der Waals surface area contributed by atoms with Gasteiger partial charge in [0.25, 0.3) is 0 Å². The van der Waals surface area contributed by atoms with E-state index in [1.807, 2.05) is 4.90 Å². The Balaban J connectivity index is 1.61. The molecule has 128 valence electrons. The summed E-state index contributed by atoms with van der Waals surface area (Å²) in [5.41, 5.74) is 0.589. The summed E-state index contributed by atoms with van der Waals surface area (Å²) in [4.78, 5) is 2.02. The second-order valence-corrected chi connectivity index (χ2v) is 7.64. The molecule has 0 radical (unpaired) electrons. The maximum absolute atomic E-state index is 13.8. The zero-order valence-corrected chi connectivity index (χ0v) is 14.1. The van der Waals surface area contributed by atoms with Crippen LogP contribution in [0.4, 0.5) is 4.39 Å². The fraction of sp³-hybridized carbons (Fsp3) is 0.333. The van der Waals surface area contributed by atoms with Crippen LogP contribution in [0.2, 0.25) is 0 Å². The number of nitrogens with zero attached hydrogens (tertiary/aromatic N) is 1. The van der Waals surface area contributed by atoms with Crippen LogP contribution in [0.25, 0.3) is 0 Å². The van der Waals surface area contributed by atoms with Gasteiger partial charge in [-0.25, -0.2) is 4.39 Å². The Bertz CT molecular complexity index is 776. The first-order chi connectivity index (χ1) is 11.5. The molecule has 1 aliphatic carbocycles. The molecule has 4 nitrogen and oxygen atoms in total. The fourth-order valence-electron chi connectivity index (χ4n) is 2.57. The molecule has 0 aliphatic heterocycles. The summed E-state index contributed by atoms with van der Waals surface area (Å²) in [6.07, 6.45) is 2.04. The summed E-state index contributed by atoms with van der Waals surface area (Å²) in [5, 5.41) is 0. The Hall–Kier alpha value is -1.92. The van der Waals surface area contributed by atoms with Crippen molar-refractivity contribution >= 4 is 10.1 Å². The van der Waals surface area contributed by atoms with E-state index in [1.54, 1.807) is 48.5 Å². The Morgan fingerprint density at radius 1 is 1.04 bits per heavy atom. The summed E-state index contributed by atoms with van der Waals surface area (Å²) in [6.45, 7) is 0.742. The van der Waals surface area contributed by atoms with Gasteiger partial charge in [-0.3, -0.25) is 4.90 Å². The molecular formula is C18H20FNO3S. The summed E-state index contributed by atoms with van der Waals surface area (Å²) in [7, 11) is -3.67. The SMILES string of the molecule is O=S(=O)(CCN(Cc1ccccc1F)C1CC1)Oc1ccccc1. The van der Waals surface area contributed by atoms with Gasteiger partial charge in [-0.1, -0.05) is 36.4 Å². The van der Waals surface area contributed by atoms with Crippen LogP contribution >= 0.6 is 0 Å². The molecule has 0 amide bonds. The van der Waals surface area contributed by atoms with Crippen molar-refractivity contribution in [1.82, 2.24) is 4.90 Å². The number of halogens is 1. The van der Waals surface area contributed by atoms with E-state index in [2.05, 4.69) is 0 Å². The molecule has 0 unspecified atom stereocenters. The standard InChI is InChI=1S/C18H20FNO3S/c19-18-9-5-4-6-15(18)14-20(16-10-11-16)12-13-24(21,22)23-17-7-2-1-3-8-17/h1-9,16H,10-14H2. The lowest BCUT2D eigenvalue weighted by Crippen LogP contribution is -2.32. The molecular weight excluding hydrogens is 329 g/mol. The van der Waals surface area contributed by atoms with E-state index in [1.165, 1.54) is 6.07 Å². The molecule has 0 atom stereocenters. The topological polar surface area (TPSA) is 46.6 Å². The third kappa shape index (κ3) is 4.79. The molecule has 2 aromatic rings. The van der Waals surface area contributed by atoms with Crippen molar-refractivity contribution < 1.29 is 17.0 Å². The molecule has 0 N–H and O–H groups in total. The van der Waals surface area contributed by atoms with Gasteiger partial charge in [0.1, 0.15) is 11.6 Å². The van der Waals surface area contributed by atoms with Gasteiger partial charge in [-0.2, -0.15) is 8.42 Å². The van der Waals surface area contributed by atoms with E-state index in [9.17, 15) is 12.8 Å². The van der Waals surface area contributed by atoms with E-state index in [-0.39, 0.29) is 11.6 Å². The first-order valence-corrected chi connectivity index (χ1v) is 9.56. The van der Waals surface area contributed by atoms with Gasteiger partial charge in [0.15, 0.2) is 0 Å². The molecule has 1 fully saturated rings. The van der Waals surface area contributed by atoms with Gasteiger partial charge in [0, 0.05) is 24.7 Å². The van der Waals surface area contributed by atoms with Crippen molar-refractivity contribution in [2.24, 2.45) is 0 Å². The first-order valence-electron chi connectivity index (χ1n) is 7.98. The number of hydrogen-bond donors (Lipinski definition) is 0. The van der Waals surface area contributed by atoms with Crippen LogP contribution in [0.1, 0.15) is 18.4 Å². The molecule has 6 heteroatoms. The molecule has 0 spiro atoms. The van der Waals surface area contributed by atoms with Crippen molar-refractivity contribution in [1.29, 1.82) is 0 Å². The van der Waals surface area contributed by atoms with E-state index in [0.29, 0.717) is 30.4 Å². The Labute approximate surface area is 142 Å². The highest BCUT2D eigenvalue weighted by Gasteiger charge is 2.30. The van der Waals surface area contributed by atoms with Crippen LogP contribution in [-0.2, 0) is 16.7 Å². The zero-order chi connectivity index (χ0) is 17.0. The summed E-state index contributed by atoms with van der Waals surface area (Å²) in [6, 6.07) is 15.4. The number of benzene rings is 2. The zero-order valence-electron chi connectivity index (χ0n) is 13.3. The van der Waals surface area contributed by atoms with Crippen molar-refractivity contribution in [2.75, 3.05) is 12.3 Å². The lowest BCUT2D eigenvalue weighted by atomic mass is 10.2. The molecule has 1 aliphatic rings. The molecule has 0 aromatic heterocycles. The molecule has 24 heavy (non-hydrogen) atoms. The summed E-state index contributed by atoms with van der Waals surface area (Å²) < 4.78 is 43.2. The second kappa shape index (κ2) is 7.32. The van der Waals surface area contributed by atoms with Crippen molar-refractivity contribution in [2.45, 2.75) is 25.4 Å². The monoisotopic (exact) mass is 349 g/mol. The number of hydrogen-bond acceptors (Lipinski definition) is 4. The minimum absolute atomic E-state index is 0.118. The van der Waals surface area contributed by atoms with Crippen molar-refractivity contribution in [3.8, 4) is 5.75 Å². The summed E-state index contributed by atoms with van der Waals surface area (Å²) in [5.74, 6) is -0.0662. The van der Waals surface area contributed by atoms with Gasteiger partial charge in [-0.05, 0) is 31.0 Å². The van der Waals surface area contributed by atoms with Gasteiger partial charge in [-0.15, -0.1) is 0 Å². The van der Waals surface area contributed by atoms with Crippen molar-refractivity contribution in [3.63, 3.8) is 0 Å². The fourth-order valence-corrected chi connectivity index (χ4v) is 3.51. The molecule has 3 rings (SSSR count). The van der Waals surface area contributed by atoms with Gasteiger partial charge in [0.2, 0.25) is 0 Å². The van der Waals surface area contributed by atoms with Crippen LogP contribution in [0.15, 0.2) is 54.6 Å². The molecule has 0 heterocycles. The second-order valence-electron chi connectivity index (χ2n) is 5.95. The van der Waals surface area contributed by atoms with Crippen LogP contribution in [0.3, 0.4) is 0 Å². The Morgan fingerprint density at radius 3 is 2.38 bits per heavy atom. The molecule has 1 saturated carbocycles. The van der Waals surface area contributed by atoms with E-state index < -0.39 is 10.1 Å². The lowest BCUT2D eigenvalue weighted by Gasteiger charge is -2.22. The summed E-state index contributed by atoms with van der Waals surface area (Å²) >= 11 is 0. The smallest absolute Gasteiger partial charge is 0.310 e. The van der Waals surface area contributed by atoms with Crippen molar-refractivity contribution in [3.05, 3.63) is 66.0 Å². The minimum Gasteiger partial charge on any atom is -0.382 e. The minimum atomic E-state index is -3.67. The Kier molecular flexibility index (Phi) is 5.16. The van der Waals surface area contributed by atoms with Crippen LogP contribution in [-0.4, -0.2) is 31.7 Å². The normalized spacial score (nSPS) is 14.8. The largest absolute Gasteiger partial charge is 0.382 e. The maximum atomic E-state index is 13.8. The lowest BCUT2D eigenvalue weighted by molar-refractivity contribution is 0.264. The predicted molar refractivity (Wildman–Crippen MR) is 90.7 cm³/mol. The van der Waals surface area contributed by atoms with Crippen LogP contribution in [0, 0.1) is 5.82 Å². The van der Waals surface area contributed by atoms with Crippen LogP contribution in [0.5, 0.6) is 5.75 Å². The molecule has 2 aromatic carbocycles. The average molecular weight is 349 g/mol. The number of rotatable bonds is 8. The third-order valence-electron chi connectivity index (χ3n) is 3.99. The van der Waals surface area contributed by atoms with E-state index >= 15 is 0 Å². The molecule has 0 saturated heterocycles. The van der Waals surface area contributed by atoms with E-state index in [0.717, 1.165) is 12.8 Å². The average Bonchev–Trinajstić information content (AvgIpc) is 3.38. The highest BCUT2D eigenvalue weighted by molar-refractivity contribution is 7.87.